The van der Waals surface area contributed by atoms with Crippen molar-refractivity contribution in [1.29, 1.82) is 0 Å². The molecule has 0 saturated carbocycles. The number of Topliss-reactive ketones (excluding diaryl/α,β-unsaturated/α-hetero) is 2. The minimum absolute atomic E-state index is 0.153. The zero-order chi connectivity index (χ0) is 37.1. The molecule has 2 aliphatic carbocycles. The fraction of sp³-hybridized carbons (Fsp3) is 0.209. The van der Waals surface area contributed by atoms with Gasteiger partial charge in [-0.15, -0.1) is 5.92 Å². The average molecular weight is 782 g/mol. The number of benzene rings is 3. The second-order valence-electron chi connectivity index (χ2n) is 11.3. The summed E-state index contributed by atoms with van der Waals surface area (Å²) in [7, 11) is 1.25. The van der Waals surface area contributed by atoms with Gasteiger partial charge in [0, 0.05) is 23.0 Å². The molecule has 0 saturated heterocycles. The summed E-state index contributed by atoms with van der Waals surface area (Å²) in [4.78, 5) is 43.8. The number of hydrogen-bond donors (Lipinski definition) is 1. The van der Waals surface area contributed by atoms with Gasteiger partial charge in [-0.2, -0.15) is 0 Å². The number of esters is 1. The minimum Gasteiger partial charge on any atom is -0.464 e. The molecule has 3 aromatic carbocycles. The van der Waals surface area contributed by atoms with E-state index in [0.29, 0.717) is 0 Å². The van der Waals surface area contributed by atoms with E-state index in [9.17, 15) is 19.2 Å². The Labute approximate surface area is 310 Å². The van der Waals surface area contributed by atoms with Gasteiger partial charge in [-0.25, -0.2) is 4.79 Å². The smallest absolute Gasteiger partial charge is 0.355 e. The first-order valence-corrected chi connectivity index (χ1v) is 17.2. The van der Waals surface area contributed by atoms with Gasteiger partial charge in [0.2, 0.25) is 5.91 Å². The van der Waals surface area contributed by atoms with E-state index >= 15 is 0 Å². The van der Waals surface area contributed by atoms with E-state index < -0.39 is 5.97 Å². The van der Waals surface area contributed by atoms with Crippen molar-refractivity contribution >= 4 is 57.2 Å². The summed E-state index contributed by atoms with van der Waals surface area (Å²) >= 11 is 1.84. The molecule has 0 aliphatic heterocycles. The fourth-order valence-electron chi connectivity index (χ4n) is 4.92. The summed E-state index contributed by atoms with van der Waals surface area (Å²) in [6, 6.07) is 30.4. The van der Waals surface area contributed by atoms with Gasteiger partial charge in [0.15, 0.2) is 11.6 Å². The molecule has 7 heteroatoms. The number of rotatable bonds is 6. The first-order chi connectivity index (χ1) is 23.9. The molecule has 2 aliphatic rings. The van der Waals surface area contributed by atoms with Gasteiger partial charge in [-0.1, -0.05) is 119 Å². The summed E-state index contributed by atoms with van der Waals surface area (Å²) in [6.07, 6.45) is 5.61. The van der Waals surface area contributed by atoms with Crippen molar-refractivity contribution in [2.75, 3.05) is 7.11 Å². The van der Waals surface area contributed by atoms with Crippen molar-refractivity contribution in [1.82, 2.24) is 5.32 Å². The van der Waals surface area contributed by atoms with Gasteiger partial charge in [0.25, 0.3) is 0 Å². The number of carbonyl (C=O) groups is 4. The zero-order valence-electron chi connectivity index (χ0n) is 29.7. The predicted octanol–water partition coefficient (Wildman–Crippen LogP) is 9.39. The van der Waals surface area contributed by atoms with Crippen LogP contribution in [-0.4, -0.2) is 30.6 Å². The Morgan fingerprint density at radius 2 is 1.24 bits per heavy atom. The van der Waals surface area contributed by atoms with E-state index in [0.717, 1.165) is 29.6 Å². The van der Waals surface area contributed by atoms with E-state index in [2.05, 4.69) is 60.0 Å². The van der Waals surface area contributed by atoms with Crippen LogP contribution in [-0.2, 0) is 23.9 Å². The number of hydrogen-bond acceptors (Lipinski definition) is 5. The summed E-state index contributed by atoms with van der Waals surface area (Å²) in [5.74, 6) is 5.31. The van der Waals surface area contributed by atoms with Crippen molar-refractivity contribution < 1.29 is 23.9 Å². The van der Waals surface area contributed by atoms with E-state index in [1.165, 1.54) is 51.5 Å². The molecule has 0 atom stereocenters. The number of halogens is 1. The Morgan fingerprint density at radius 3 is 1.66 bits per heavy atom. The Kier molecular flexibility index (Phi) is 17.9. The standard InChI is InChI=1S/2C14H14O.C9H8.C6H8INO3/c2*1-10-8-13(11(2)15)9-14(10)12-6-4-3-5-7-12;1-2-6-9-7-4-3-5-8-9;1-4(9)8-5(3-7)6(10)11-2/h3-7,9H,8H2,1-2H3;3-8H,9H2,1-2H3;3-5,7-8H,1H3;3H,1-2H3,(H,8,9)/b;;;5-3-. The molecule has 6 nitrogen and oxygen atoms in total. The van der Waals surface area contributed by atoms with Gasteiger partial charge in [0.05, 0.1) is 7.11 Å². The lowest BCUT2D eigenvalue weighted by Crippen LogP contribution is -2.25. The second-order valence-corrected chi connectivity index (χ2v) is 12.0. The highest BCUT2D eigenvalue weighted by molar-refractivity contribution is 14.1. The largest absolute Gasteiger partial charge is 0.464 e. The summed E-state index contributed by atoms with van der Waals surface area (Å²) in [6.45, 7) is 10.6. The lowest BCUT2D eigenvalue weighted by Gasteiger charge is -2.04. The molecule has 3 aromatic rings. The number of allylic oxidation sites excluding steroid dienone is 8. The number of ether oxygens (including phenoxy) is 1. The maximum atomic E-state index is 11.3. The monoisotopic (exact) mass is 781 g/mol. The molecule has 0 heterocycles. The number of nitrogens with one attached hydrogen (secondary N) is 1. The third kappa shape index (κ3) is 13.8. The normalized spacial score (nSPS) is 13.0. The lowest BCUT2D eigenvalue weighted by molar-refractivity contribution is -0.137. The molecule has 5 rings (SSSR count). The van der Waals surface area contributed by atoms with E-state index in [1.807, 2.05) is 108 Å². The van der Waals surface area contributed by atoms with E-state index in [-0.39, 0.29) is 23.2 Å². The SMILES string of the molecule is CC#Cc1ccccc1.CC(=O)C1=CC(C)=C(c2ccccc2)C1.CC(=O)C1=CC(c2ccccc2)=C(C)C1.COC(=O)/C(=C/I)NC(C)=O. The van der Waals surface area contributed by atoms with Gasteiger partial charge in [-0.3, -0.25) is 14.4 Å². The van der Waals surface area contributed by atoms with Crippen LogP contribution in [0.3, 0.4) is 0 Å². The van der Waals surface area contributed by atoms with Crippen LogP contribution in [0.1, 0.15) is 71.1 Å². The zero-order valence-corrected chi connectivity index (χ0v) is 31.9. The maximum absolute atomic E-state index is 11.3. The Bertz CT molecular complexity index is 1870. The highest BCUT2D eigenvalue weighted by Crippen LogP contribution is 2.33. The summed E-state index contributed by atoms with van der Waals surface area (Å²) in [5, 5.41) is 2.32. The van der Waals surface area contributed by atoms with Crippen LogP contribution >= 0.6 is 22.6 Å². The summed E-state index contributed by atoms with van der Waals surface area (Å²) < 4.78 is 5.83. The van der Waals surface area contributed by atoms with E-state index in [4.69, 9.17) is 0 Å². The van der Waals surface area contributed by atoms with E-state index in [1.54, 1.807) is 13.8 Å². The quantitative estimate of drug-likeness (QED) is 0.117. The van der Waals surface area contributed by atoms with Gasteiger partial charge < -0.3 is 10.1 Å². The minimum atomic E-state index is -0.547. The molecule has 0 bridgehead atoms. The van der Waals surface area contributed by atoms with Crippen LogP contribution < -0.4 is 5.32 Å². The number of ketones is 2. The average Bonchev–Trinajstić information content (AvgIpc) is 3.72. The highest BCUT2D eigenvalue weighted by atomic mass is 127. The first kappa shape index (κ1) is 41.1. The molecule has 0 aromatic heterocycles. The van der Waals surface area contributed by atoms with Crippen LogP contribution in [0.4, 0.5) is 0 Å². The van der Waals surface area contributed by atoms with Crippen LogP contribution in [0.2, 0.25) is 0 Å². The fourth-order valence-corrected chi connectivity index (χ4v) is 5.33. The second kappa shape index (κ2) is 21.8. The Hall–Kier alpha value is -5.07. The predicted molar refractivity (Wildman–Crippen MR) is 212 cm³/mol. The molecular formula is C43H44INO5. The number of amides is 1. The van der Waals surface area contributed by atoms with Crippen LogP contribution in [0.25, 0.3) is 11.1 Å². The molecule has 0 spiro atoms. The van der Waals surface area contributed by atoms with Crippen molar-refractivity contribution in [3.8, 4) is 11.8 Å². The molecule has 0 fully saturated rings. The first-order valence-electron chi connectivity index (χ1n) is 16.0. The van der Waals surface area contributed by atoms with Crippen molar-refractivity contribution in [3.63, 3.8) is 0 Å². The number of methoxy groups -OCH3 is 1. The molecule has 0 radical (unpaired) electrons. The highest BCUT2D eigenvalue weighted by Gasteiger charge is 2.17. The molecule has 0 unspecified atom stereocenters. The molecule has 1 amide bonds. The van der Waals surface area contributed by atoms with Crippen molar-refractivity contribution in [3.05, 3.63) is 152 Å². The van der Waals surface area contributed by atoms with Crippen LogP contribution in [0.15, 0.2) is 135 Å². The van der Waals surface area contributed by atoms with Crippen LogP contribution in [0, 0.1) is 11.8 Å². The lowest BCUT2D eigenvalue weighted by atomic mass is 10.00. The van der Waals surface area contributed by atoms with Gasteiger partial charge >= 0.3 is 5.97 Å². The Balaban J connectivity index is 0.000000236. The molecule has 258 valence electrons. The molecule has 50 heavy (non-hydrogen) atoms. The van der Waals surface area contributed by atoms with Crippen LogP contribution in [0.5, 0.6) is 0 Å². The number of carbonyl (C=O) groups excluding carboxylic acids is 4. The Morgan fingerprint density at radius 1 is 0.740 bits per heavy atom. The third-order valence-electron chi connectivity index (χ3n) is 7.45. The van der Waals surface area contributed by atoms with Crippen molar-refractivity contribution in [2.24, 2.45) is 0 Å². The summed E-state index contributed by atoms with van der Waals surface area (Å²) in [5.41, 5.74) is 10.5. The topological polar surface area (TPSA) is 89.5 Å². The molecule has 1 N–H and O–H groups in total. The van der Waals surface area contributed by atoms with Gasteiger partial charge in [0.1, 0.15) is 5.70 Å². The maximum Gasteiger partial charge on any atom is 0.355 e. The van der Waals surface area contributed by atoms with Gasteiger partial charge in [-0.05, 0) is 98.2 Å². The molecular weight excluding hydrogens is 737 g/mol. The third-order valence-corrected chi connectivity index (χ3v) is 8.07. The van der Waals surface area contributed by atoms with Crippen molar-refractivity contribution in [2.45, 2.75) is 54.4 Å².